The van der Waals surface area contributed by atoms with Crippen LogP contribution in [0.4, 0.5) is 0 Å². The number of hydrogen-bond donors (Lipinski definition) is 0. The van der Waals surface area contributed by atoms with Crippen LogP contribution in [0.15, 0.2) is 41.4 Å². The van der Waals surface area contributed by atoms with Crippen LogP contribution in [0.25, 0.3) is 11.4 Å². The van der Waals surface area contributed by atoms with E-state index in [1.807, 2.05) is 24.3 Å². The van der Waals surface area contributed by atoms with E-state index in [1.54, 1.807) is 11.0 Å². The van der Waals surface area contributed by atoms with Gasteiger partial charge in [0, 0.05) is 5.56 Å². The van der Waals surface area contributed by atoms with Crippen LogP contribution in [0.3, 0.4) is 0 Å². The zero-order chi connectivity index (χ0) is 18.0. The molecule has 0 radical (unpaired) electrons. The van der Waals surface area contributed by atoms with Gasteiger partial charge in [0.2, 0.25) is 11.7 Å². The summed E-state index contributed by atoms with van der Waals surface area (Å²) in [5.74, 6) is 0.940. The van der Waals surface area contributed by atoms with Crippen molar-refractivity contribution in [2.24, 2.45) is 0 Å². The molecule has 0 bridgehead atoms. The van der Waals surface area contributed by atoms with E-state index in [-0.39, 0.29) is 0 Å². The first kappa shape index (κ1) is 16.4. The van der Waals surface area contributed by atoms with Crippen molar-refractivity contribution < 1.29 is 4.52 Å². The lowest BCUT2D eigenvalue weighted by Gasteiger charge is -2.32. The third kappa shape index (κ3) is 3.09. The number of nitrogens with zero attached hydrogens (tertiary/aromatic N) is 7. The Kier molecular flexibility index (Phi) is 4.22. The number of benzene rings is 1. The average Bonchev–Trinajstić information content (AvgIpc) is 3.36. The first-order valence-electron chi connectivity index (χ1n) is 8.54. The SMILES string of the molecule is CN1CCC(C#N)(c2nc(-c3ccc(Cn4cncn4)cc3)no2)CC1. The Bertz CT molecular complexity index is 900. The molecule has 132 valence electrons. The molecule has 1 aromatic carbocycles. The fourth-order valence-corrected chi connectivity index (χ4v) is 3.17. The number of likely N-dealkylation sites (tertiary alicyclic amines) is 1. The Hall–Kier alpha value is -3.05. The minimum Gasteiger partial charge on any atom is -0.337 e. The number of aromatic nitrogens is 5. The largest absolute Gasteiger partial charge is 0.337 e. The smallest absolute Gasteiger partial charge is 0.247 e. The van der Waals surface area contributed by atoms with Crippen LogP contribution in [-0.4, -0.2) is 49.9 Å². The van der Waals surface area contributed by atoms with Crippen LogP contribution in [0, 0.1) is 11.3 Å². The van der Waals surface area contributed by atoms with Gasteiger partial charge in [-0.05, 0) is 38.5 Å². The fraction of sp³-hybridized carbons (Fsp3) is 0.389. The molecule has 26 heavy (non-hydrogen) atoms. The van der Waals surface area contributed by atoms with Gasteiger partial charge in [0.15, 0.2) is 0 Å². The summed E-state index contributed by atoms with van der Waals surface area (Å²) in [5.41, 5.74) is 1.29. The standard InChI is InChI=1S/C18H19N7O/c1-24-8-6-18(11-19,7-9-24)17-22-16(23-26-17)15-4-2-14(3-5-15)10-25-13-20-12-21-25/h2-5,12-13H,6-10H2,1H3. The average molecular weight is 349 g/mol. The van der Waals surface area contributed by atoms with E-state index in [9.17, 15) is 5.26 Å². The Morgan fingerprint density at radius 1 is 1.23 bits per heavy atom. The zero-order valence-electron chi connectivity index (χ0n) is 14.5. The van der Waals surface area contributed by atoms with Crippen LogP contribution < -0.4 is 0 Å². The van der Waals surface area contributed by atoms with Gasteiger partial charge in [-0.1, -0.05) is 29.4 Å². The number of piperidine rings is 1. The van der Waals surface area contributed by atoms with Crippen molar-refractivity contribution in [2.75, 3.05) is 20.1 Å². The van der Waals surface area contributed by atoms with Gasteiger partial charge in [0.1, 0.15) is 18.1 Å². The maximum absolute atomic E-state index is 9.71. The van der Waals surface area contributed by atoms with Crippen LogP contribution in [0.5, 0.6) is 0 Å². The molecule has 1 aliphatic rings. The van der Waals surface area contributed by atoms with Gasteiger partial charge >= 0.3 is 0 Å². The van der Waals surface area contributed by atoms with Crippen LogP contribution in [0.1, 0.15) is 24.3 Å². The second kappa shape index (κ2) is 6.69. The molecule has 8 nitrogen and oxygen atoms in total. The third-order valence-corrected chi connectivity index (χ3v) is 4.91. The summed E-state index contributed by atoms with van der Waals surface area (Å²) in [6.45, 7) is 2.35. The van der Waals surface area contributed by atoms with E-state index in [0.717, 1.165) is 24.2 Å². The van der Waals surface area contributed by atoms with Gasteiger partial charge in [-0.2, -0.15) is 15.3 Å². The Balaban J connectivity index is 1.53. The van der Waals surface area contributed by atoms with Gasteiger partial charge in [-0.15, -0.1) is 0 Å². The summed E-state index contributed by atoms with van der Waals surface area (Å²) < 4.78 is 7.24. The molecule has 8 heteroatoms. The van der Waals surface area contributed by atoms with Gasteiger partial charge in [-0.25, -0.2) is 9.67 Å². The molecule has 4 rings (SSSR count). The van der Waals surface area contributed by atoms with Gasteiger partial charge < -0.3 is 9.42 Å². The van der Waals surface area contributed by atoms with Crippen LogP contribution in [0.2, 0.25) is 0 Å². The topological polar surface area (TPSA) is 96.7 Å². The molecule has 0 saturated carbocycles. The zero-order valence-corrected chi connectivity index (χ0v) is 14.5. The molecular weight excluding hydrogens is 330 g/mol. The van der Waals surface area contributed by atoms with Gasteiger partial charge in [0.05, 0.1) is 12.6 Å². The molecule has 0 amide bonds. The van der Waals surface area contributed by atoms with Gasteiger partial charge in [0.25, 0.3) is 0 Å². The third-order valence-electron chi connectivity index (χ3n) is 4.91. The lowest BCUT2D eigenvalue weighted by Crippen LogP contribution is -2.40. The summed E-state index contributed by atoms with van der Waals surface area (Å²) in [6, 6.07) is 10.3. The van der Waals surface area contributed by atoms with E-state index in [0.29, 0.717) is 31.1 Å². The minimum absolute atomic E-state index is 0.426. The van der Waals surface area contributed by atoms with Crippen LogP contribution in [-0.2, 0) is 12.0 Å². The molecule has 1 saturated heterocycles. The molecule has 0 unspecified atom stereocenters. The van der Waals surface area contributed by atoms with Crippen LogP contribution >= 0.6 is 0 Å². The number of nitriles is 1. The summed E-state index contributed by atoms with van der Waals surface area (Å²) in [5, 5.41) is 17.9. The van der Waals surface area contributed by atoms with Crippen molar-refractivity contribution in [1.29, 1.82) is 5.26 Å². The summed E-state index contributed by atoms with van der Waals surface area (Å²) in [4.78, 5) is 10.7. The Labute approximate surface area is 151 Å². The lowest BCUT2D eigenvalue weighted by atomic mass is 9.80. The van der Waals surface area contributed by atoms with Crippen molar-refractivity contribution >= 4 is 0 Å². The van der Waals surface area contributed by atoms with E-state index in [1.165, 1.54) is 6.33 Å². The molecule has 0 N–H and O–H groups in total. The Morgan fingerprint density at radius 2 is 2.00 bits per heavy atom. The predicted octanol–water partition coefficient (Wildman–Crippen LogP) is 1.86. The highest BCUT2D eigenvalue weighted by Gasteiger charge is 2.41. The molecule has 0 aliphatic carbocycles. The lowest BCUT2D eigenvalue weighted by molar-refractivity contribution is 0.189. The molecule has 1 aliphatic heterocycles. The fourth-order valence-electron chi connectivity index (χ4n) is 3.17. The van der Waals surface area contributed by atoms with Crippen molar-refractivity contribution in [3.05, 3.63) is 48.4 Å². The number of hydrogen-bond acceptors (Lipinski definition) is 7. The first-order valence-corrected chi connectivity index (χ1v) is 8.54. The molecule has 3 aromatic rings. The summed E-state index contributed by atoms with van der Waals surface area (Å²) >= 11 is 0. The van der Waals surface area contributed by atoms with Crippen molar-refractivity contribution in [1.82, 2.24) is 29.8 Å². The second-order valence-corrected chi connectivity index (χ2v) is 6.71. The van der Waals surface area contributed by atoms with E-state index in [2.05, 4.69) is 38.2 Å². The molecule has 0 spiro atoms. The predicted molar refractivity (Wildman–Crippen MR) is 92.9 cm³/mol. The highest BCUT2D eigenvalue weighted by Crippen LogP contribution is 2.34. The monoisotopic (exact) mass is 349 g/mol. The van der Waals surface area contributed by atoms with E-state index < -0.39 is 5.41 Å². The highest BCUT2D eigenvalue weighted by molar-refractivity contribution is 5.55. The maximum Gasteiger partial charge on any atom is 0.247 e. The molecule has 0 atom stereocenters. The summed E-state index contributed by atoms with van der Waals surface area (Å²) in [6.07, 6.45) is 4.61. The minimum atomic E-state index is -0.676. The van der Waals surface area contributed by atoms with Gasteiger partial charge in [-0.3, -0.25) is 0 Å². The first-order chi connectivity index (χ1) is 12.7. The highest BCUT2D eigenvalue weighted by atomic mass is 16.5. The molecule has 2 aromatic heterocycles. The normalized spacial score (nSPS) is 17.1. The second-order valence-electron chi connectivity index (χ2n) is 6.71. The van der Waals surface area contributed by atoms with E-state index >= 15 is 0 Å². The van der Waals surface area contributed by atoms with Crippen molar-refractivity contribution in [3.63, 3.8) is 0 Å². The quantitative estimate of drug-likeness (QED) is 0.709. The van der Waals surface area contributed by atoms with E-state index in [4.69, 9.17) is 4.52 Å². The molecule has 1 fully saturated rings. The molecular formula is C18H19N7O. The molecule has 3 heterocycles. The Morgan fingerprint density at radius 3 is 2.65 bits per heavy atom. The van der Waals surface area contributed by atoms with Crippen molar-refractivity contribution in [2.45, 2.75) is 24.8 Å². The summed E-state index contributed by atoms with van der Waals surface area (Å²) in [7, 11) is 2.06. The maximum atomic E-state index is 9.71. The number of rotatable bonds is 4. The van der Waals surface area contributed by atoms with Crippen molar-refractivity contribution in [3.8, 4) is 17.5 Å².